The van der Waals surface area contributed by atoms with Gasteiger partial charge < -0.3 is 20.9 Å². The van der Waals surface area contributed by atoms with Gasteiger partial charge in [0, 0.05) is 23.5 Å². The van der Waals surface area contributed by atoms with E-state index < -0.39 is 18.0 Å². The van der Waals surface area contributed by atoms with Gasteiger partial charge in [-0.25, -0.2) is 4.79 Å². The first-order valence-corrected chi connectivity index (χ1v) is 5.31. The van der Waals surface area contributed by atoms with Gasteiger partial charge >= 0.3 is 11.9 Å². The lowest BCUT2D eigenvalue weighted by Gasteiger charge is -2.06. The summed E-state index contributed by atoms with van der Waals surface area (Å²) >= 11 is 0. The number of aromatic amines is 1. The van der Waals surface area contributed by atoms with Crippen molar-refractivity contribution in [3.8, 4) is 0 Å². The van der Waals surface area contributed by atoms with Gasteiger partial charge in [-0.2, -0.15) is 0 Å². The molecule has 0 saturated heterocycles. The molecule has 18 heavy (non-hydrogen) atoms. The summed E-state index contributed by atoms with van der Waals surface area (Å²) in [6, 6.07) is 3.79. The highest BCUT2D eigenvalue weighted by atomic mass is 16.4. The van der Waals surface area contributed by atoms with E-state index in [1.54, 1.807) is 18.3 Å². The highest BCUT2D eigenvalue weighted by Gasteiger charge is 2.18. The summed E-state index contributed by atoms with van der Waals surface area (Å²) < 4.78 is 0. The second-order valence-electron chi connectivity index (χ2n) is 4.00. The number of nitrogens with one attached hydrogen (secondary N) is 1. The van der Waals surface area contributed by atoms with Crippen LogP contribution in [0.5, 0.6) is 0 Å². The fourth-order valence-electron chi connectivity index (χ4n) is 1.92. The number of carboxylic acids is 2. The van der Waals surface area contributed by atoms with Gasteiger partial charge in [0.15, 0.2) is 0 Å². The third-order valence-electron chi connectivity index (χ3n) is 2.77. The molecule has 0 amide bonds. The van der Waals surface area contributed by atoms with Crippen LogP contribution in [0, 0.1) is 0 Å². The van der Waals surface area contributed by atoms with E-state index in [0.717, 1.165) is 0 Å². The number of aromatic nitrogens is 1. The Kier molecular flexibility index (Phi) is 3.03. The standard InChI is InChI=1S/C12H12N2O4/c13-8(12(17)18)4-6-5-14-9-3-1-2-7(10(6)9)11(15)16/h1-3,5,8,14H,4,13H2,(H,15,16)(H,17,18)/t8-/m1/s1. The number of hydrogen-bond acceptors (Lipinski definition) is 3. The van der Waals surface area contributed by atoms with E-state index in [9.17, 15) is 9.59 Å². The molecule has 2 rings (SSSR count). The molecule has 5 N–H and O–H groups in total. The summed E-state index contributed by atoms with van der Waals surface area (Å²) in [6.45, 7) is 0. The molecule has 0 aliphatic rings. The molecule has 1 atom stereocenters. The van der Waals surface area contributed by atoms with Gasteiger partial charge in [-0.05, 0) is 17.7 Å². The molecule has 0 radical (unpaired) electrons. The number of fused-ring (bicyclic) bond motifs is 1. The van der Waals surface area contributed by atoms with Crippen LogP contribution in [0.4, 0.5) is 0 Å². The number of hydrogen-bond donors (Lipinski definition) is 4. The molecule has 6 nitrogen and oxygen atoms in total. The minimum Gasteiger partial charge on any atom is -0.480 e. The van der Waals surface area contributed by atoms with Crippen molar-refractivity contribution in [2.75, 3.05) is 0 Å². The Morgan fingerprint density at radius 1 is 1.33 bits per heavy atom. The number of aromatic carboxylic acids is 1. The summed E-state index contributed by atoms with van der Waals surface area (Å²) in [5, 5.41) is 18.4. The average molecular weight is 248 g/mol. The van der Waals surface area contributed by atoms with Crippen LogP contribution in [0.3, 0.4) is 0 Å². The molecule has 0 unspecified atom stereocenters. The van der Waals surface area contributed by atoms with E-state index in [2.05, 4.69) is 4.98 Å². The number of rotatable bonds is 4. The van der Waals surface area contributed by atoms with Gasteiger partial charge in [-0.1, -0.05) is 6.07 Å². The van der Waals surface area contributed by atoms with E-state index in [4.69, 9.17) is 15.9 Å². The molecule has 0 saturated carbocycles. The van der Waals surface area contributed by atoms with Crippen molar-refractivity contribution in [2.45, 2.75) is 12.5 Å². The average Bonchev–Trinajstić information content (AvgIpc) is 2.72. The Morgan fingerprint density at radius 2 is 2.06 bits per heavy atom. The summed E-state index contributed by atoms with van der Waals surface area (Å²) in [7, 11) is 0. The van der Waals surface area contributed by atoms with Crippen molar-refractivity contribution in [2.24, 2.45) is 5.73 Å². The summed E-state index contributed by atoms with van der Waals surface area (Å²) in [5.74, 6) is -2.16. The maximum absolute atomic E-state index is 11.1. The van der Waals surface area contributed by atoms with Crippen LogP contribution in [0.25, 0.3) is 10.9 Å². The van der Waals surface area contributed by atoms with Gasteiger partial charge in [-0.3, -0.25) is 4.79 Å². The molecule has 0 aliphatic heterocycles. The largest absolute Gasteiger partial charge is 0.480 e. The zero-order valence-corrected chi connectivity index (χ0v) is 9.38. The van der Waals surface area contributed by atoms with Crippen LogP contribution in [-0.4, -0.2) is 33.2 Å². The van der Waals surface area contributed by atoms with Crippen molar-refractivity contribution in [3.63, 3.8) is 0 Å². The van der Waals surface area contributed by atoms with Crippen LogP contribution in [0.1, 0.15) is 15.9 Å². The molecule has 0 spiro atoms. The van der Waals surface area contributed by atoms with Crippen molar-refractivity contribution >= 4 is 22.8 Å². The number of aliphatic carboxylic acids is 1. The lowest BCUT2D eigenvalue weighted by Crippen LogP contribution is -2.32. The first kappa shape index (κ1) is 12.1. The zero-order chi connectivity index (χ0) is 13.3. The molecule has 1 aromatic heterocycles. The molecule has 0 aliphatic carbocycles. The molecular formula is C12H12N2O4. The van der Waals surface area contributed by atoms with E-state index in [1.807, 2.05) is 0 Å². The molecule has 6 heteroatoms. The van der Waals surface area contributed by atoms with E-state index >= 15 is 0 Å². The number of nitrogens with two attached hydrogens (primary N) is 1. The van der Waals surface area contributed by atoms with Crippen molar-refractivity contribution in [1.29, 1.82) is 0 Å². The fraction of sp³-hybridized carbons (Fsp3) is 0.167. The molecule has 2 aromatic rings. The van der Waals surface area contributed by atoms with E-state index in [0.29, 0.717) is 16.5 Å². The maximum Gasteiger partial charge on any atom is 0.336 e. The predicted molar refractivity (Wildman–Crippen MR) is 64.6 cm³/mol. The van der Waals surface area contributed by atoms with Crippen molar-refractivity contribution in [3.05, 3.63) is 35.5 Å². The SMILES string of the molecule is N[C@H](Cc1c[nH]c2cccc(C(=O)O)c12)C(=O)O. The topological polar surface area (TPSA) is 116 Å². The molecule has 1 heterocycles. The predicted octanol–water partition coefficient (Wildman–Crippen LogP) is 0.821. The van der Waals surface area contributed by atoms with Crippen LogP contribution < -0.4 is 5.73 Å². The Hall–Kier alpha value is -2.34. The Morgan fingerprint density at radius 3 is 2.67 bits per heavy atom. The van der Waals surface area contributed by atoms with Crippen LogP contribution in [0.2, 0.25) is 0 Å². The first-order chi connectivity index (χ1) is 8.50. The molecule has 1 aromatic carbocycles. The fourth-order valence-corrected chi connectivity index (χ4v) is 1.92. The number of benzene rings is 1. The molecule has 0 bridgehead atoms. The Balaban J connectivity index is 2.52. The van der Waals surface area contributed by atoms with Gasteiger partial charge in [0.2, 0.25) is 0 Å². The van der Waals surface area contributed by atoms with E-state index in [-0.39, 0.29) is 12.0 Å². The highest BCUT2D eigenvalue weighted by molar-refractivity contribution is 6.04. The first-order valence-electron chi connectivity index (χ1n) is 5.31. The van der Waals surface area contributed by atoms with Gasteiger partial charge in [-0.15, -0.1) is 0 Å². The molecule has 0 fully saturated rings. The monoisotopic (exact) mass is 248 g/mol. The molecule has 94 valence electrons. The minimum atomic E-state index is -1.11. The van der Waals surface area contributed by atoms with Crippen molar-refractivity contribution < 1.29 is 19.8 Å². The number of carboxylic acid groups (broad SMARTS) is 2. The van der Waals surface area contributed by atoms with Crippen LogP contribution in [-0.2, 0) is 11.2 Å². The number of carbonyl (C=O) groups is 2. The lowest BCUT2D eigenvalue weighted by atomic mass is 10.0. The zero-order valence-electron chi connectivity index (χ0n) is 9.38. The Bertz CT molecular complexity index is 618. The molecular weight excluding hydrogens is 236 g/mol. The van der Waals surface area contributed by atoms with Crippen molar-refractivity contribution in [1.82, 2.24) is 4.98 Å². The number of H-pyrrole nitrogens is 1. The second-order valence-corrected chi connectivity index (χ2v) is 4.00. The van der Waals surface area contributed by atoms with E-state index in [1.165, 1.54) is 6.07 Å². The third-order valence-corrected chi connectivity index (χ3v) is 2.77. The maximum atomic E-state index is 11.1. The van der Waals surface area contributed by atoms with Crippen LogP contribution in [0.15, 0.2) is 24.4 Å². The van der Waals surface area contributed by atoms with Crippen LogP contribution >= 0.6 is 0 Å². The summed E-state index contributed by atoms with van der Waals surface area (Å²) in [4.78, 5) is 24.8. The lowest BCUT2D eigenvalue weighted by molar-refractivity contribution is -0.138. The summed E-state index contributed by atoms with van der Waals surface area (Å²) in [5.41, 5.74) is 6.85. The van der Waals surface area contributed by atoms with Gasteiger partial charge in [0.25, 0.3) is 0 Å². The van der Waals surface area contributed by atoms with Gasteiger partial charge in [0.1, 0.15) is 6.04 Å². The quantitative estimate of drug-likeness (QED) is 0.639. The Labute approximate surface area is 102 Å². The minimum absolute atomic E-state index is 0.0830. The highest BCUT2D eigenvalue weighted by Crippen LogP contribution is 2.23. The second kappa shape index (κ2) is 4.50. The summed E-state index contributed by atoms with van der Waals surface area (Å²) in [6.07, 6.45) is 1.68. The van der Waals surface area contributed by atoms with Gasteiger partial charge in [0.05, 0.1) is 5.56 Å². The smallest absolute Gasteiger partial charge is 0.336 e. The normalized spacial score (nSPS) is 12.5. The third kappa shape index (κ3) is 2.05.